The molecule has 0 amide bonds. The van der Waals surface area contributed by atoms with Gasteiger partial charge < -0.3 is 24.1 Å². The first-order valence-electron chi connectivity index (χ1n) is 12.0. The number of nitrogens with zero attached hydrogens (tertiary/aromatic N) is 1. The van der Waals surface area contributed by atoms with Gasteiger partial charge in [-0.2, -0.15) is 0 Å². The third kappa shape index (κ3) is 5.45. The summed E-state index contributed by atoms with van der Waals surface area (Å²) in [5, 5.41) is 9.75. The number of hydrogen-bond donors (Lipinski definition) is 2. The molecule has 1 aromatic rings. The number of ether oxygens (including phenoxy) is 4. The third-order valence-electron chi connectivity index (χ3n) is 6.88. The van der Waals surface area contributed by atoms with E-state index in [1.807, 2.05) is 4.98 Å². The first-order valence-corrected chi connectivity index (χ1v) is 12.0. The highest BCUT2D eigenvalue weighted by Gasteiger charge is 2.51. The number of rotatable bonds is 8. The smallest absolute Gasteiger partial charge is 0.331 e. The van der Waals surface area contributed by atoms with E-state index >= 15 is 0 Å². The first kappa shape index (κ1) is 26.6. The van der Waals surface area contributed by atoms with Crippen molar-refractivity contribution in [2.75, 3.05) is 26.9 Å². The van der Waals surface area contributed by atoms with Crippen LogP contribution in [0.4, 0.5) is 0 Å². The van der Waals surface area contributed by atoms with E-state index in [0.717, 1.165) is 32.1 Å². The highest BCUT2D eigenvalue weighted by Crippen LogP contribution is 2.37. The van der Waals surface area contributed by atoms with E-state index in [-0.39, 0.29) is 12.7 Å². The maximum absolute atomic E-state index is 12.8. The van der Waals surface area contributed by atoms with Crippen LogP contribution in [0.3, 0.4) is 0 Å². The summed E-state index contributed by atoms with van der Waals surface area (Å²) in [7, 11) is 1.44. The minimum absolute atomic E-state index is 0.0667. The van der Waals surface area contributed by atoms with Gasteiger partial charge in [-0.05, 0) is 12.8 Å². The number of nitrogens with one attached hydrogen (secondary N) is 1. The highest BCUT2D eigenvalue weighted by molar-refractivity contribution is 5.52. The molecule has 2 aliphatic heterocycles. The van der Waals surface area contributed by atoms with Crippen LogP contribution in [0, 0.1) is 0 Å². The molecule has 1 saturated carbocycles. The molecular weight excluding hydrogens is 480 g/mol. The van der Waals surface area contributed by atoms with E-state index in [1.54, 1.807) is 0 Å². The molecule has 36 heavy (non-hydrogen) atoms. The molecule has 0 radical (unpaired) electrons. The van der Waals surface area contributed by atoms with Gasteiger partial charge in [0.15, 0.2) is 28.5 Å². The molecule has 2 saturated heterocycles. The van der Waals surface area contributed by atoms with Crippen LogP contribution in [0.25, 0.3) is 0 Å². The fourth-order valence-electron chi connectivity index (χ4n) is 4.84. The van der Waals surface area contributed by atoms with E-state index in [0.29, 0.717) is 30.6 Å². The van der Waals surface area contributed by atoms with Gasteiger partial charge in [0.1, 0.15) is 30.9 Å². The average molecular weight is 510 g/mol. The zero-order chi connectivity index (χ0) is 25.7. The molecule has 13 nitrogen and oxygen atoms in total. The van der Waals surface area contributed by atoms with Crippen LogP contribution >= 0.6 is 0 Å². The Morgan fingerprint density at radius 3 is 2.50 bits per heavy atom. The Labute approximate surface area is 205 Å². The van der Waals surface area contributed by atoms with Gasteiger partial charge in [0, 0.05) is 20.0 Å². The molecule has 1 aromatic heterocycles. The molecule has 1 aliphatic carbocycles. The predicted octanol–water partition coefficient (Wildman–Crippen LogP) is -2.38. The molecule has 4 rings (SSSR count). The van der Waals surface area contributed by atoms with Crippen molar-refractivity contribution in [3.63, 3.8) is 0 Å². The first-order chi connectivity index (χ1) is 17.4. The monoisotopic (exact) mass is 510 g/mol. The maximum Gasteiger partial charge on any atom is 0.331 e. The van der Waals surface area contributed by atoms with Gasteiger partial charge in [-0.15, -0.1) is 0 Å². The lowest BCUT2D eigenvalue weighted by molar-refractivity contribution is -0.340. The summed E-state index contributed by atoms with van der Waals surface area (Å²) in [6.07, 6.45) is 0.408. The summed E-state index contributed by atoms with van der Waals surface area (Å²) in [6, 6.07) is 0. The number of H-pyrrole nitrogens is 1. The Balaban J connectivity index is 1.66. The lowest BCUT2D eigenvalue weighted by Crippen LogP contribution is -2.58. The second kappa shape index (κ2) is 11.7. The molecule has 0 unspecified atom stereocenters. The molecule has 3 fully saturated rings. The number of aliphatic hydroxyl groups is 1. The average Bonchev–Trinajstić information content (AvgIpc) is 3.19. The highest BCUT2D eigenvalue weighted by atomic mass is 17.2. The predicted molar refractivity (Wildman–Crippen MR) is 119 cm³/mol. The van der Waals surface area contributed by atoms with Crippen molar-refractivity contribution < 1.29 is 43.4 Å². The van der Waals surface area contributed by atoms with Crippen molar-refractivity contribution in [3.05, 3.63) is 31.4 Å². The van der Waals surface area contributed by atoms with Crippen molar-refractivity contribution in [1.82, 2.24) is 9.55 Å². The lowest BCUT2D eigenvalue weighted by atomic mass is 9.98. The quantitative estimate of drug-likeness (QED) is 0.218. The molecular formula is C23H30N2O11. The second-order valence-corrected chi connectivity index (χ2v) is 9.06. The largest absolute Gasteiger partial charge is 0.387 e. The number of methoxy groups -OCH3 is 1. The van der Waals surface area contributed by atoms with E-state index in [9.17, 15) is 24.3 Å². The summed E-state index contributed by atoms with van der Waals surface area (Å²) >= 11 is 0. The Kier molecular flexibility index (Phi) is 8.68. The van der Waals surface area contributed by atoms with Gasteiger partial charge in [0.25, 0.3) is 5.56 Å². The van der Waals surface area contributed by atoms with E-state index in [2.05, 4.69) is 0 Å². The Bertz CT molecular complexity index is 1190. The standard InChI is InChI=1S/C23H30N2O11/c1-31-23(7-9-32-10-8-23)35-19-18(28)17(13-33-36-14-5-3-2-4-6-14)34-21(19)25-16(12-27)15(11-26)20(29)24-22(25)30/h14,17-19,21,28H,2-10,13H2,1H3,(H,24,29,30)/t17-,18-,19-,21-/m1/s1. The molecule has 3 aliphatic rings. The minimum Gasteiger partial charge on any atom is -0.387 e. The molecule has 13 heteroatoms. The second-order valence-electron chi connectivity index (χ2n) is 9.06. The topological polar surface area (TPSA) is 165 Å². The van der Waals surface area contributed by atoms with Crippen molar-refractivity contribution in [2.24, 2.45) is 0 Å². The fourth-order valence-corrected chi connectivity index (χ4v) is 4.84. The summed E-state index contributed by atoms with van der Waals surface area (Å²) in [5.41, 5.74) is -2.15. The van der Waals surface area contributed by atoms with Crippen LogP contribution in [0.5, 0.6) is 0 Å². The summed E-state index contributed by atoms with van der Waals surface area (Å²) in [5.74, 6) is 1.63. The van der Waals surface area contributed by atoms with Crippen LogP contribution in [0.1, 0.15) is 51.2 Å². The minimum atomic E-state index is -1.44. The van der Waals surface area contributed by atoms with E-state index < -0.39 is 52.1 Å². The summed E-state index contributed by atoms with van der Waals surface area (Å²) < 4.78 is 23.8. The van der Waals surface area contributed by atoms with Crippen LogP contribution in [0.2, 0.25) is 0 Å². The third-order valence-corrected chi connectivity index (χ3v) is 6.88. The van der Waals surface area contributed by atoms with Crippen molar-refractivity contribution in [1.29, 1.82) is 0 Å². The van der Waals surface area contributed by atoms with Gasteiger partial charge in [-0.25, -0.2) is 24.2 Å². The lowest BCUT2D eigenvalue weighted by Gasteiger charge is -2.39. The zero-order valence-corrected chi connectivity index (χ0v) is 19.9. The van der Waals surface area contributed by atoms with Crippen molar-refractivity contribution in [3.8, 4) is 0 Å². The van der Waals surface area contributed by atoms with Gasteiger partial charge >= 0.3 is 5.69 Å². The normalized spacial score (nSPS) is 28.5. The fraction of sp³-hybridized carbons (Fsp3) is 0.739. The number of hydrogen-bond acceptors (Lipinski definition) is 11. The summed E-state index contributed by atoms with van der Waals surface area (Å²) in [6.45, 7) is 0.461. The molecule has 0 spiro atoms. The number of aliphatic hydroxyl groups excluding tert-OH is 1. The number of aromatic nitrogens is 2. The van der Waals surface area contributed by atoms with E-state index in [1.165, 1.54) is 19.0 Å². The van der Waals surface area contributed by atoms with Gasteiger partial charge in [0.05, 0.1) is 19.3 Å². The van der Waals surface area contributed by atoms with Crippen LogP contribution in [-0.2, 0) is 38.3 Å². The molecule has 198 valence electrons. The Hall–Kier alpha value is -2.44. The van der Waals surface area contributed by atoms with Gasteiger partial charge in [0.2, 0.25) is 0 Å². The molecule has 4 atom stereocenters. The maximum atomic E-state index is 12.8. The molecule has 3 heterocycles. The Morgan fingerprint density at radius 1 is 1.14 bits per heavy atom. The number of carbonyl (C=O) groups excluding carboxylic acids is 2. The zero-order valence-electron chi connectivity index (χ0n) is 19.9. The van der Waals surface area contributed by atoms with Crippen LogP contribution in [0.15, 0.2) is 9.59 Å². The van der Waals surface area contributed by atoms with Crippen LogP contribution in [-0.4, -0.2) is 83.7 Å². The molecule has 0 bridgehead atoms. The van der Waals surface area contributed by atoms with Crippen molar-refractivity contribution >= 4 is 11.9 Å². The van der Waals surface area contributed by atoms with Gasteiger partial charge in [-0.1, -0.05) is 19.3 Å². The summed E-state index contributed by atoms with van der Waals surface area (Å²) in [4.78, 5) is 60.7. The van der Waals surface area contributed by atoms with Gasteiger partial charge in [-0.3, -0.25) is 14.3 Å². The molecule has 0 aromatic carbocycles. The van der Waals surface area contributed by atoms with E-state index in [4.69, 9.17) is 28.7 Å². The number of aromatic amines is 1. The Morgan fingerprint density at radius 2 is 1.86 bits per heavy atom. The SMILES string of the molecule is COC1(O[C@@H]2[C@H](O)[C@@H](COOC3CCCCC3)O[C@H]2n2c(=O)[nH]c(=O)c(=C=O)c2=C=O)CCOCC1. The molecule has 2 N–H and O–H groups in total. The van der Waals surface area contributed by atoms with Crippen molar-refractivity contribution in [2.45, 2.75) is 81.4 Å². The van der Waals surface area contributed by atoms with Crippen LogP contribution < -0.4 is 21.8 Å².